The lowest BCUT2D eigenvalue weighted by Gasteiger charge is -2.13. The van der Waals surface area contributed by atoms with Crippen LogP contribution < -0.4 is 5.32 Å². The second-order valence-electron chi connectivity index (χ2n) is 2.92. The van der Waals surface area contributed by atoms with Gasteiger partial charge >= 0.3 is 0 Å². The van der Waals surface area contributed by atoms with E-state index >= 15 is 0 Å². The van der Waals surface area contributed by atoms with Gasteiger partial charge in [0.05, 0.1) is 11.7 Å². The molecule has 2 N–H and O–H groups in total. The maximum absolute atomic E-state index is 11.5. The summed E-state index contributed by atoms with van der Waals surface area (Å²) < 4.78 is 23.0. The van der Waals surface area contributed by atoms with E-state index in [0.29, 0.717) is 0 Å². The first-order valence-electron chi connectivity index (χ1n) is 4.60. The van der Waals surface area contributed by atoms with Crippen molar-refractivity contribution in [3.05, 3.63) is 0 Å². The van der Waals surface area contributed by atoms with Crippen molar-refractivity contribution in [2.24, 2.45) is 11.1 Å². The number of hydrogen-bond acceptors (Lipinski definition) is 5. The zero-order chi connectivity index (χ0) is 12.1. The van der Waals surface area contributed by atoms with E-state index in [0.717, 1.165) is 0 Å². The van der Waals surface area contributed by atoms with Crippen LogP contribution in [-0.4, -0.2) is 37.4 Å². The van der Waals surface area contributed by atoms with E-state index in [1.165, 1.54) is 14.0 Å². The van der Waals surface area contributed by atoms with Crippen molar-refractivity contribution in [3.63, 3.8) is 0 Å². The van der Waals surface area contributed by atoms with Gasteiger partial charge in [-0.25, -0.2) is 8.42 Å². The van der Waals surface area contributed by atoms with Gasteiger partial charge in [-0.15, -0.1) is 0 Å². The molecule has 0 spiro atoms. The maximum Gasteiger partial charge on any atom is 0.229 e. The lowest BCUT2D eigenvalue weighted by atomic mass is 10.1. The summed E-state index contributed by atoms with van der Waals surface area (Å²) in [6, 6.07) is 0. The van der Waals surface area contributed by atoms with E-state index in [2.05, 4.69) is 10.5 Å². The molecule has 0 bridgehead atoms. The molecular formula is C8H16N2O4S. The van der Waals surface area contributed by atoms with Crippen LogP contribution >= 0.6 is 0 Å². The fraction of sp³-hybridized carbons (Fsp3) is 0.750. The summed E-state index contributed by atoms with van der Waals surface area (Å²) in [4.78, 5) is 11.3. The summed E-state index contributed by atoms with van der Waals surface area (Å²) in [6.45, 7) is 3.08. The van der Waals surface area contributed by atoms with Crippen LogP contribution in [-0.2, 0) is 14.6 Å². The molecule has 15 heavy (non-hydrogen) atoms. The Morgan fingerprint density at radius 1 is 1.47 bits per heavy atom. The van der Waals surface area contributed by atoms with Crippen LogP contribution in [0.2, 0.25) is 0 Å². The number of carbonyl (C=O) groups is 1. The standard InChI is InChI=1S/C8H16N2O4S/c1-4-6(7(11)9-3)8(10-12)15(13,14)5-2/h6,12H,4-5H2,1-3H3,(H,9,11). The highest BCUT2D eigenvalue weighted by molar-refractivity contribution is 8.06. The summed E-state index contributed by atoms with van der Waals surface area (Å²) in [5, 5.41) is 13.3. The van der Waals surface area contributed by atoms with E-state index in [1.54, 1.807) is 6.92 Å². The SMILES string of the molecule is CCC(C(=O)NC)C(=NO)S(=O)(=O)CC. The van der Waals surface area contributed by atoms with Crippen LogP contribution in [0.1, 0.15) is 20.3 Å². The fourth-order valence-corrected chi connectivity index (χ4v) is 2.27. The molecule has 1 atom stereocenters. The third kappa shape index (κ3) is 3.19. The van der Waals surface area contributed by atoms with Crippen LogP contribution in [0.3, 0.4) is 0 Å². The van der Waals surface area contributed by atoms with E-state index in [9.17, 15) is 13.2 Å². The highest BCUT2D eigenvalue weighted by Crippen LogP contribution is 2.11. The molecule has 1 unspecified atom stereocenters. The topological polar surface area (TPSA) is 95.8 Å². The zero-order valence-electron chi connectivity index (χ0n) is 9.02. The third-order valence-electron chi connectivity index (χ3n) is 2.07. The molecule has 0 aromatic rings. The minimum atomic E-state index is -3.64. The van der Waals surface area contributed by atoms with Crippen LogP contribution in [0.5, 0.6) is 0 Å². The highest BCUT2D eigenvalue weighted by atomic mass is 32.2. The molecule has 6 nitrogen and oxygen atoms in total. The van der Waals surface area contributed by atoms with E-state index in [4.69, 9.17) is 5.21 Å². The Labute approximate surface area is 89.3 Å². The van der Waals surface area contributed by atoms with E-state index < -0.39 is 26.7 Å². The average molecular weight is 236 g/mol. The Bertz CT molecular complexity index is 348. The van der Waals surface area contributed by atoms with Crippen LogP contribution in [0.25, 0.3) is 0 Å². The first-order valence-corrected chi connectivity index (χ1v) is 6.26. The molecule has 0 fully saturated rings. The quantitative estimate of drug-likeness (QED) is 0.310. The van der Waals surface area contributed by atoms with Gasteiger partial charge in [0, 0.05) is 7.05 Å². The summed E-state index contributed by atoms with van der Waals surface area (Å²) in [6.07, 6.45) is 0.262. The lowest BCUT2D eigenvalue weighted by Crippen LogP contribution is -2.37. The number of sulfone groups is 1. The first kappa shape index (κ1) is 13.9. The van der Waals surface area contributed by atoms with Gasteiger partial charge in [0.2, 0.25) is 5.91 Å². The van der Waals surface area contributed by atoms with Gasteiger partial charge in [-0.05, 0) is 6.42 Å². The molecule has 0 aliphatic carbocycles. The predicted molar refractivity (Wildman–Crippen MR) is 56.5 cm³/mol. The Hall–Kier alpha value is -1.11. The van der Waals surface area contributed by atoms with Crippen molar-refractivity contribution in [2.45, 2.75) is 20.3 Å². The van der Waals surface area contributed by atoms with Crippen LogP contribution in [0, 0.1) is 5.92 Å². The minimum Gasteiger partial charge on any atom is -0.410 e. The third-order valence-corrected chi connectivity index (χ3v) is 3.83. The molecule has 0 aromatic heterocycles. The molecule has 0 aromatic carbocycles. The molecule has 0 saturated heterocycles. The largest absolute Gasteiger partial charge is 0.410 e. The molecule has 0 aliphatic rings. The van der Waals surface area contributed by atoms with Crippen molar-refractivity contribution in [1.82, 2.24) is 5.32 Å². The summed E-state index contributed by atoms with van der Waals surface area (Å²) in [5.41, 5.74) is 0. The van der Waals surface area contributed by atoms with Crippen molar-refractivity contribution < 1.29 is 18.4 Å². The molecule has 0 saturated carbocycles. The number of rotatable bonds is 4. The highest BCUT2D eigenvalue weighted by Gasteiger charge is 2.31. The molecule has 0 rings (SSSR count). The smallest absolute Gasteiger partial charge is 0.229 e. The van der Waals surface area contributed by atoms with E-state index in [1.807, 2.05) is 0 Å². The van der Waals surface area contributed by atoms with Gasteiger partial charge in [-0.3, -0.25) is 4.79 Å². The monoisotopic (exact) mass is 236 g/mol. The molecule has 1 amide bonds. The van der Waals surface area contributed by atoms with Crippen molar-refractivity contribution in [1.29, 1.82) is 0 Å². The maximum atomic E-state index is 11.5. The minimum absolute atomic E-state index is 0.195. The summed E-state index contributed by atoms with van der Waals surface area (Å²) >= 11 is 0. The van der Waals surface area contributed by atoms with Crippen molar-refractivity contribution in [3.8, 4) is 0 Å². The first-order chi connectivity index (χ1) is 6.94. The second-order valence-corrected chi connectivity index (χ2v) is 5.14. The summed E-state index contributed by atoms with van der Waals surface area (Å²) in [7, 11) is -2.24. The van der Waals surface area contributed by atoms with Gasteiger partial charge < -0.3 is 10.5 Å². The Morgan fingerprint density at radius 3 is 2.27 bits per heavy atom. The zero-order valence-corrected chi connectivity index (χ0v) is 9.84. The van der Waals surface area contributed by atoms with Gasteiger partial charge in [-0.2, -0.15) is 0 Å². The molecule has 0 heterocycles. The van der Waals surface area contributed by atoms with Crippen molar-refractivity contribution >= 4 is 20.8 Å². The number of hydrogen-bond donors (Lipinski definition) is 2. The van der Waals surface area contributed by atoms with Crippen LogP contribution in [0.15, 0.2) is 5.16 Å². The van der Waals surface area contributed by atoms with Gasteiger partial charge in [0.15, 0.2) is 14.9 Å². The number of nitrogens with one attached hydrogen (secondary N) is 1. The lowest BCUT2D eigenvalue weighted by molar-refractivity contribution is -0.122. The van der Waals surface area contributed by atoms with Gasteiger partial charge in [0.1, 0.15) is 0 Å². The number of amides is 1. The normalized spacial score (nSPS) is 14.7. The number of oxime groups is 1. The van der Waals surface area contributed by atoms with Gasteiger partial charge in [-0.1, -0.05) is 19.0 Å². The predicted octanol–water partition coefficient (Wildman–Crippen LogP) is -0.0190. The molecule has 0 radical (unpaired) electrons. The number of carbonyl (C=O) groups excluding carboxylic acids is 1. The molecule has 0 aliphatic heterocycles. The molecule has 7 heteroatoms. The Balaban J connectivity index is 5.22. The fourth-order valence-electron chi connectivity index (χ4n) is 1.14. The summed E-state index contributed by atoms with van der Waals surface area (Å²) in [5.74, 6) is -1.59. The number of nitrogens with zero attached hydrogens (tertiary/aromatic N) is 1. The Morgan fingerprint density at radius 2 is 2.00 bits per heavy atom. The van der Waals surface area contributed by atoms with Crippen LogP contribution in [0.4, 0.5) is 0 Å². The molecule has 88 valence electrons. The second kappa shape index (κ2) is 5.69. The van der Waals surface area contributed by atoms with Crippen molar-refractivity contribution in [2.75, 3.05) is 12.8 Å². The Kier molecular flexibility index (Phi) is 5.27. The average Bonchev–Trinajstić information content (AvgIpc) is 2.24. The van der Waals surface area contributed by atoms with E-state index in [-0.39, 0.29) is 12.2 Å². The van der Waals surface area contributed by atoms with Gasteiger partial charge in [0.25, 0.3) is 0 Å². The molecular weight excluding hydrogens is 220 g/mol.